The van der Waals surface area contributed by atoms with Gasteiger partial charge in [-0.05, 0) is 33.3 Å². The van der Waals surface area contributed by atoms with Gasteiger partial charge in [0, 0.05) is 6.54 Å². The number of ether oxygens (including phenoxy) is 1. The second kappa shape index (κ2) is 5.82. The van der Waals surface area contributed by atoms with Crippen molar-refractivity contribution in [1.29, 1.82) is 0 Å². The van der Waals surface area contributed by atoms with E-state index in [0.717, 1.165) is 0 Å². The maximum atomic E-state index is 11.8. The summed E-state index contributed by atoms with van der Waals surface area (Å²) in [5.74, 6) is -0.396. The third-order valence-electron chi connectivity index (χ3n) is 2.28. The first kappa shape index (κ1) is 13.7. The predicted molar refractivity (Wildman–Crippen MR) is 69.2 cm³/mol. The zero-order valence-electron chi connectivity index (χ0n) is 10.5. The van der Waals surface area contributed by atoms with E-state index < -0.39 is 0 Å². The summed E-state index contributed by atoms with van der Waals surface area (Å²) < 4.78 is 5.01. The van der Waals surface area contributed by atoms with Crippen LogP contribution >= 0.6 is 11.3 Å². The van der Waals surface area contributed by atoms with Crippen LogP contribution in [0.4, 0.5) is 5.00 Å². The molecule has 0 bridgehead atoms. The van der Waals surface area contributed by atoms with Crippen LogP contribution in [0.1, 0.15) is 46.4 Å². The molecule has 0 aliphatic rings. The first-order valence-corrected chi connectivity index (χ1v) is 6.39. The van der Waals surface area contributed by atoms with Crippen LogP contribution in [0.15, 0.2) is 0 Å². The summed E-state index contributed by atoms with van der Waals surface area (Å²) >= 11 is 1.31. The lowest BCUT2D eigenvalue weighted by molar-refractivity contribution is 0.0527. The number of rotatable bonds is 5. The maximum absolute atomic E-state index is 11.8. The average Bonchev–Trinajstić information content (AvgIpc) is 2.56. The fraction of sp³-hybridized carbons (Fsp3) is 0.500. The van der Waals surface area contributed by atoms with Crippen molar-refractivity contribution >= 4 is 28.1 Å². The van der Waals surface area contributed by atoms with Gasteiger partial charge in [-0.2, -0.15) is 0 Å². The third-order valence-corrected chi connectivity index (χ3v) is 3.63. The van der Waals surface area contributed by atoms with Crippen molar-refractivity contribution in [2.45, 2.75) is 27.7 Å². The fourth-order valence-electron chi connectivity index (χ4n) is 1.58. The van der Waals surface area contributed by atoms with Gasteiger partial charge in [0.05, 0.1) is 17.0 Å². The molecule has 17 heavy (non-hydrogen) atoms. The minimum atomic E-state index is -0.371. The Hall–Kier alpha value is -1.36. The Morgan fingerprint density at radius 1 is 1.35 bits per heavy atom. The summed E-state index contributed by atoms with van der Waals surface area (Å²) in [6.45, 7) is 8.01. The summed E-state index contributed by atoms with van der Waals surface area (Å²) in [5, 5.41) is 3.81. The van der Waals surface area contributed by atoms with Gasteiger partial charge in [0.15, 0.2) is 5.78 Å². The highest BCUT2D eigenvalue weighted by Gasteiger charge is 2.23. The van der Waals surface area contributed by atoms with Crippen LogP contribution < -0.4 is 5.32 Å². The van der Waals surface area contributed by atoms with Crippen molar-refractivity contribution in [3.63, 3.8) is 0 Å². The lowest BCUT2D eigenvalue weighted by Gasteiger charge is -2.05. The van der Waals surface area contributed by atoms with E-state index in [-0.39, 0.29) is 11.8 Å². The summed E-state index contributed by atoms with van der Waals surface area (Å²) in [6.07, 6.45) is 0. The van der Waals surface area contributed by atoms with Crippen LogP contribution in [0, 0.1) is 6.92 Å². The van der Waals surface area contributed by atoms with Gasteiger partial charge in [0.1, 0.15) is 5.00 Å². The van der Waals surface area contributed by atoms with E-state index in [4.69, 9.17) is 4.74 Å². The van der Waals surface area contributed by atoms with Crippen molar-refractivity contribution < 1.29 is 14.3 Å². The highest BCUT2D eigenvalue weighted by Crippen LogP contribution is 2.33. The molecule has 0 fully saturated rings. The van der Waals surface area contributed by atoms with Crippen LogP contribution in [0.3, 0.4) is 0 Å². The van der Waals surface area contributed by atoms with Crippen LogP contribution in [0.2, 0.25) is 0 Å². The number of Topliss-reactive ketones (excluding diaryl/α,β-unsaturated/α-hetero) is 1. The Labute approximate surface area is 105 Å². The third kappa shape index (κ3) is 2.85. The molecule has 0 amide bonds. The van der Waals surface area contributed by atoms with Gasteiger partial charge in [0.2, 0.25) is 0 Å². The number of carbonyl (C=O) groups is 2. The molecule has 0 unspecified atom stereocenters. The first-order valence-electron chi connectivity index (χ1n) is 5.58. The molecule has 1 aromatic heterocycles. The number of esters is 1. The molecule has 1 rings (SSSR count). The van der Waals surface area contributed by atoms with Gasteiger partial charge < -0.3 is 10.1 Å². The summed E-state index contributed by atoms with van der Waals surface area (Å²) in [5.41, 5.74) is 1.20. The van der Waals surface area contributed by atoms with E-state index in [1.165, 1.54) is 18.3 Å². The van der Waals surface area contributed by atoms with Crippen LogP contribution in [0.25, 0.3) is 0 Å². The minimum absolute atomic E-state index is 0.0257. The zero-order chi connectivity index (χ0) is 13.0. The number of hydrogen-bond acceptors (Lipinski definition) is 5. The molecule has 0 radical (unpaired) electrons. The van der Waals surface area contributed by atoms with Crippen molar-refractivity contribution in [2.75, 3.05) is 18.5 Å². The van der Waals surface area contributed by atoms with E-state index >= 15 is 0 Å². The van der Waals surface area contributed by atoms with E-state index in [1.807, 2.05) is 6.92 Å². The number of anilines is 1. The number of hydrogen-bond donors (Lipinski definition) is 1. The summed E-state index contributed by atoms with van der Waals surface area (Å²) in [7, 11) is 0. The second-order valence-electron chi connectivity index (χ2n) is 3.57. The van der Waals surface area contributed by atoms with Crippen molar-refractivity contribution in [1.82, 2.24) is 0 Å². The molecule has 0 aliphatic carbocycles. The summed E-state index contributed by atoms with van der Waals surface area (Å²) in [4.78, 5) is 23.9. The fourth-order valence-corrected chi connectivity index (χ4v) is 2.74. The van der Waals surface area contributed by atoms with E-state index in [9.17, 15) is 9.59 Å². The lowest BCUT2D eigenvalue weighted by atomic mass is 10.1. The largest absolute Gasteiger partial charge is 0.462 e. The van der Waals surface area contributed by atoms with Gasteiger partial charge in [-0.25, -0.2) is 4.79 Å². The van der Waals surface area contributed by atoms with Gasteiger partial charge in [-0.15, -0.1) is 11.3 Å². The van der Waals surface area contributed by atoms with E-state index in [2.05, 4.69) is 5.32 Å². The van der Waals surface area contributed by atoms with Crippen molar-refractivity contribution in [2.24, 2.45) is 0 Å². The smallest absolute Gasteiger partial charge is 0.341 e. The maximum Gasteiger partial charge on any atom is 0.341 e. The van der Waals surface area contributed by atoms with Crippen LogP contribution in [0.5, 0.6) is 0 Å². The number of carbonyl (C=O) groups excluding carboxylic acids is 2. The Morgan fingerprint density at radius 2 is 2.00 bits per heavy atom. The van der Waals surface area contributed by atoms with E-state index in [0.29, 0.717) is 34.2 Å². The van der Waals surface area contributed by atoms with E-state index in [1.54, 1.807) is 13.8 Å². The molecule has 0 spiro atoms. The lowest BCUT2D eigenvalue weighted by Crippen LogP contribution is -2.09. The normalized spacial score (nSPS) is 10.1. The molecule has 0 saturated carbocycles. The molecular weight excluding hydrogens is 238 g/mol. The molecule has 1 N–H and O–H groups in total. The average molecular weight is 255 g/mol. The Bertz CT molecular complexity index is 437. The van der Waals surface area contributed by atoms with Crippen molar-refractivity contribution in [3.8, 4) is 0 Å². The molecule has 5 heteroatoms. The quantitative estimate of drug-likeness (QED) is 0.649. The highest BCUT2D eigenvalue weighted by molar-refractivity contribution is 7.18. The monoisotopic (exact) mass is 255 g/mol. The van der Waals surface area contributed by atoms with Crippen LogP contribution in [-0.2, 0) is 4.74 Å². The summed E-state index contributed by atoms with van der Waals surface area (Å²) in [6, 6.07) is 0. The Morgan fingerprint density at radius 3 is 2.47 bits per heavy atom. The number of thiophene rings is 1. The molecule has 1 aromatic rings. The minimum Gasteiger partial charge on any atom is -0.462 e. The highest BCUT2D eigenvalue weighted by atomic mass is 32.1. The molecular formula is C12H17NO3S. The van der Waals surface area contributed by atoms with Crippen molar-refractivity contribution in [3.05, 3.63) is 16.0 Å². The Balaban J connectivity index is 3.24. The zero-order valence-corrected chi connectivity index (χ0v) is 11.4. The molecule has 0 atom stereocenters. The van der Waals surface area contributed by atoms with Gasteiger partial charge in [-0.1, -0.05) is 0 Å². The van der Waals surface area contributed by atoms with Gasteiger partial charge in [-0.3, -0.25) is 4.79 Å². The molecule has 0 aromatic carbocycles. The molecule has 0 aliphatic heterocycles. The predicted octanol–water partition coefficient (Wildman–Crippen LogP) is 2.87. The second-order valence-corrected chi connectivity index (χ2v) is 4.59. The standard InChI is InChI=1S/C12H17NO3S/c1-5-13-11-9(12(15)16-6-2)7(3)10(17-11)8(4)14/h13H,5-6H2,1-4H3. The molecule has 0 saturated heterocycles. The Kier molecular flexibility index (Phi) is 4.69. The first-order chi connectivity index (χ1) is 8.02. The van der Waals surface area contributed by atoms with Gasteiger partial charge >= 0.3 is 5.97 Å². The topological polar surface area (TPSA) is 55.4 Å². The van der Waals surface area contributed by atoms with Crippen LogP contribution in [-0.4, -0.2) is 24.9 Å². The SMILES string of the molecule is CCNc1sc(C(C)=O)c(C)c1C(=O)OCC. The molecule has 1 heterocycles. The number of ketones is 1. The molecule has 94 valence electrons. The molecule has 4 nitrogen and oxygen atoms in total. The van der Waals surface area contributed by atoms with Gasteiger partial charge in [0.25, 0.3) is 0 Å². The number of nitrogens with one attached hydrogen (secondary N) is 1.